The number of carbonyl (C=O) groups excluding carboxylic acids is 1. The van der Waals surface area contributed by atoms with Crippen molar-refractivity contribution in [1.82, 2.24) is 0 Å². The van der Waals surface area contributed by atoms with Gasteiger partial charge in [0.15, 0.2) is 5.60 Å². The van der Waals surface area contributed by atoms with Crippen LogP contribution in [0.2, 0.25) is 0 Å². The summed E-state index contributed by atoms with van der Waals surface area (Å²) in [7, 11) is 0. The number of ether oxygens (including phenoxy) is 1. The monoisotopic (exact) mass is 334 g/mol. The van der Waals surface area contributed by atoms with Gasteiger partial charge in [0.1, 0.15) is 0 Å². The van der Waals surface area contributed by atoms with Gasteiger partial charge in [0.05, 0.1) is 0 Å². The molecule has 0 radical (unpaired) electrons. The number of benzene rings is 2. The van der Waals surface area contributed by atoms with Gasteiger partial charge in [-0.1, -0.05) is 86.5 Å². The van der Waals surface area contributed by atoms with Crippen LogP contribution in [-0.2, 0) is 15.1 Å². The molecule has 0 unspecified atom stereocenters. The lowest BCUT2D eigenvalue weighted by atomic mass is 9.69. The minimum absolute atomic E-state index is 0.273. The fourth-order valence-corrected chi connectivity index (χ4v) is 3.95. The van der Waals surface area contributed by atoms with Crippen LogP contribution in [0.15, 0.2) is 72.8 Å². The van der Waals surface area contributed by atoms with Gasteiger partial charge in [0.25, 0.3) is 0 Å². The molecule has 0 aliphatic heterocycles. The van der Waals surface area contributed by atoms with Crippen molar-refractivity contribution in [3.05, 3.63) is 83.9 Å². The Kier molecular flexibility index (Phi) is 5.37. The first kappa shape index (κ1) is 17.5. The average Bonchev–Trinajstić information content (AvgIpc) is 2.68. The van der Waals surface area contributed by atoms with Crippen LogP contribution in [0.4, 0.5) is 0 Å². The van der Waals surface area contributed by atoms with Gasteiger partial charge in [-0.2, -0.15) is 0 Å². The molecule has 2 aromatic rings. The van der Waals surface area contributed by atoms with Crippen molar-refractivity contribution in [2.45, 2.75) is 44.6 Å². The summed E-state index contributed by atoms with van der Waals surface area (Å²) in [6, 6.07) is 20.4. The second-order valence-electron chi connectivity index (χ2n) is 6.97. The highest BCUT2D eigenvalue weighted by Gasteiger charge is 2.46. The highest BCUT2D eigenvalue weighted by molar-refractivity contribution is 5.87. The molecule has 1 fully saturated rings. The maximum absolute atomic E-state index is 12.6. The van der Waals surface area contributed by atoms with E-state index in [9.17, 15) is 4.79 Å². The van der Waals surface area contributed by atoms with Crippen LogP contribution in [0, 0.1) is 5.92 Å². The number of carbonyl (C=O) groups is 1. The molecule has 1 saturated carbocycles. The third-order valence-electron chi connectivity index (χ3n) is 5.19. The molecule has 1 aliphatic rings. The zero-order valence-electron chi connectivity index (χ0n) is 14.9. The standard InChI is InChI=1S/C23H26O2/c1-18(2)22(24)25-23(19-12-6-3-7-13-19,20-14-8-4-9-15-20)21-16-10-5-11-17-21/h3-4,6-9,12-15,21H,1,5,10-11,16-17H2,2H3. The van der Waals surface area contributed by atoms with Gasteiger partial charge in [-0.05, 0) is 19.8 Å². The van der Waals surface area contributed by atoms with Gasteiger partial charge in [-0.3, -0.25) is 0 Å². The number of hydrogen-bond acceptors (Lipinski definition) is 2. The molecule has 0 saturated heterocycles. The molecule has 1 aliphatic carbocycles. The molecule has 3 rings (SSSR count). The van der Waals surface area contributed by atoms with Crippen LogP contribution in [-0.4, -0.2) is 5.97 Å². The summed E-state index contributed by atoms with van der Waals surface area (Å²) in [5, 5.41) is 0. The zero-order valence-corrected chi connectivity index (χ0v) is 14.9. The molecular weight excluding hydrogens is 308 g/mol. The van der Waals surface area contributed by atoms with Crippen molar-refractivity contribution in [1.29, 1.82) is 0 Å². The highest BCUT2D eigenvalue weighted by Crippen LogP contribution is 2.47. The van der Waals surface area contributed by atoms with Gasteiger partial charge >= 0.3 is 5.97 Å². The summed E-state index contributed by atoms with van der Waals surface area (Å²) < 4.78 is 6.27. The lowest BCUT2D eigenvalue weighted by Gasteiger charge is -2.43. The van der Waals surface area contributed by atoms with Crippen molar-refractivity contribution < 1.29 is 9.53 Å². The van der Waals surface area contributed by atoms with E-state index in [1.165, 1.54) is 19.3 Å². The topological polar surface area (TPSA) is 26.3 Å². The van der Waals surface area contributed by atoms with Crippen molar-refractivity contribution in [2.24, 2.45) is 5.92 Å². The lowest BCUT2D eigenvalue weighted by molar-refractivity contribution is -0.158. The lowest BCUT2D eigenvalue weighted by Crippen LogP contribution is -2.42. The Morgan fingerprint density at radius 3 is 1.84 bits per heavy atom. The number of esters is 1. The van der Waals surface area contributed by atoms with E-state index >= 15 is 0 Å². The summed E-state index contributed by atoms with van der Waals surface area (Å²) in [6.45, 7) is 5.51. The normalized spacial score (nSPS) is 15.6. The van der Waals surface area contributed by atoms with Crippen molar-refractivity contribution >= 4 is 5.97 Å². The second-order valence-corrected chi connectivity index (χ2v) is 6.97. The van der Waals surface area contributed by atoms with E-state index in [1.807, 2.05) is 36.4 Å². The fraction of sp³-hybridized carbons (Fsp3) is 0.348. The van der Waals surface area contributed by atoms with E-state index < -0.39 is 5.60 Å². The molecule has 2 heteroatoms. The molecule has 0 N–H and O–H groups in total. The molecule has 0 amide bonds. The van der Waals surface area contributed by atoms with Gasteiger partial charge in [-0.15, -0.1) is 0 Å². The molecule has 0 aromatic heterocycles. The summed E-state index contributed by atoms with van der Waals surface area (Å²) in [4.78, 5) is 12.6. The van der Waals surface area contributed by atoms with E-state index in [2.05, 4.69) is 30.8 Å². The van der Waals surface area contributed by atoms with Crippen LogP contribution < -0.4 is 0 Å². The molecule has 2 aromatic carbocycles. The largest absolute Gasteiger partial charge is 0.446 e. The van der Waals surface area contributed by atoms with E-state index in [0.29, 0.717) is 5.57 Å². The van der Waals surface area contributed by atoms with Crippen LogP contribution in [0.25, 0.3) is 0 Å². The summed E-state index contributed by atoms with van der Waals surface area (Å²) >= 11 is 0. The van der Waals surface area contributed by atoms with Crippen LogP contribution in [0.1, 0.15) is 50.2 Å². The minimum Gasteiger partial charge on any atom is -0.446 e. The first-order valence-electron chi connectivity index (χ1n) is 9.14. The van der Waals surface area contributed by atoms with E-state index in [1.54, 1.807) is 6.92 Å². The Hall–Kier alpha value is -2.35. The van der Waals surface area contributed by atoms with Gasteiger partial charge < -0.3 is 4.74 Å². The summed E-state index contributed by atoms with van der Waals surface area (Å²) in [5.41, 5.74) is 1.77. The zero-order chi connectivity index (χ0) is 17.7. The molecule has 130 valence electrons. The third-order valence-corrected chi connectivity index (χ3v) is 5.19. The van der Waals surface area contributed by atoms with Gasteiger partial charge in [0, 0.05) is 22.6 Å². The maximum Gasteiger partial charge on any atom is 0.334 e. The summed E-state index contributed by atoms with van der Waals surface area (Å²) in [6.07, 6.45) is 5.73. The Bertz CT molecular complexity index is 673. The fourth-order valence-electron chi connectivity index (χ4n) is 3.95. The smallest absolute Gasteiger partial charge is 0.334 e. The molecule has 0 bridgehead atoms. The molecular formula is C23H26O2. The van der Waals surface area contributed by atoms with E-state index in [-0.39, 0.29) is 11.9 Å². The number of rotatable bonds is 5. The molecule has 0 heterocycles. The molecule has 2 nitrogen and oxygen atoms in total. The number of hydrogen-bond donors (Lipinski definition) is 0. The van der Waals surface area contributed by atoms with Crippen molar-refractivity contribution in [3.8, 4) is 0 Å². The quantitative estimate of drug-likeness (QED) is 0.523. The predicted octanol–water partition coefficient (Wildman–Crippen LogP) is 5.63. The SMILES string of the molecule is C=C(C)C(=O)OC(c1ccccc1)(c1ccccc1)C1CCCCC1. The van der Waals surface area contributed by atoms with Crippen molar-refractivity contribution in [2.75, 3.05) is 0 Å². The Morgan fingerprint density at radius 1 is 0.920 bits per heavy atom. The van der Waals surface area contributed by atoms with Gasteiger partial charge in [-0.25, -0.2) is 4.79 Å². The first-order chi connectivity index (χ1) is 12.1. The van der Waals surface area contributed by atoms with Crippen LogP contribution >= 0.6 is 0 Å². The third kappa shape index (κ3) is 3.53. The molecule has 0 spiro atoms. The summed E-state index contributed by atoms with van der Waals surface area (Å²) in [5.74, 6) is -0.0485. The molecule has 25 heavy (non-hydrogen) atoms. The van der Waals surface area contributed by atoms with Gasteiger partial charge in [0.2, 0.25) is 0 Å². The highest BCUT2D eigenvalue weighted by atomic mass is 16.6. The van der Waals surface area contributed by atoms with Crippen LogP contribution in [0.3, 0.4) is 0 Å². The minimum atomic E-state index is -0.751. The molecule has 0 atom stereocenters. The van der Waals surface area contributed by atoms with Crippen molar-refractivity contribution in [3.63, 3.8) is 0 Å². The predicted molar refractivity (Wildman–Crippen MR) is 101 cm³/mol. The first-order valence-corrected chi connectivity index (χ1v) is 9.14. The second kappa shape index (κ2) is 7.69. The Labute approximate surface area is 150 Å². The Morgan fingerprint density at radius 2 is 1.40 bits per heavy atom. The van der Waals surface area contributed by atoms with Crippen LogP contribution in [0.5, 0.6) is 0 Å². The maximum atomic E-state index is 12.6. The Balaban J connectivity index is 2.18. The average molecular weight is 334 g/mol. The van der Waals surface area contributed by atoms with E-state index in [4.69, 9.17) is 4.74 Å². The van der Waals surface area contributed by atoms with E-state index in [0.717, 1.165) is 24.0 Å².